The van der Waals surface area contributed by atoms with Gasteiger partial charge in [-0.15, -0.1) is 0 Å². The average molecular weight is 323 g/mol. The van der Waals surface area contributed by atoms with E-state index in [0.29, 0.717) is 39.5 Å². The Morgan fingerprint density at radius 3 is 3.17 bits per heavy atom. The molecular formula is C16H22FN3O3. The van der Waals surface area contributed by atoms with E-state index in [9.17, 15) is 9.18 Å². The number of amides is 1. The van der Waals surface area contributed by atoms with E-state index in [1.807, 2.05) is 23.9 Å². The van der Waals surface area contributed by atoms with Gasteiger partial charge in [-0.05, 0) is 26.2 Å². The predicted octanol–water partition coefficient (Wildman–Crippen LogP) is 0.636. The summed E-state index contributed by atoms with van der Waals surface area (Å²) < 4.78 is 24.9. The molecule has 23 heavy (non-hydrogen) atoms. The first-order valence-electron chi connectivity index (χ1n) is 7.74. The predicted molar refractivity (Wildman–Crippen MR) is 81.6 cm³/mol. The van der Waals surface area contributed by atoms with Gasteiger partial charge in [-0.2, -0.15) is 0 Å². The molecule has 126 valence electrons. The molecule has 1 aromatic rings. The minimum Gasteiger partial charge on any atom is -0.475 e. The van der Waals surface area contributed by atoms with E-state index >= 15 is 0 Å². The molecule has 7 heteroatoms. The second-order valence-corrected chi connectivity index (χ2v) is 6.67. The quantitative estimate of drug-likeness (QED) is 0.796. The molecule has 0 aromatic carbocycles. The number of hydrogen-bond donors (Lipinski definition) is 0. The molecule has 2 aliphatic rings. The second kappa shape index (κ2) is 6.41. The van der Waals surface area contributed by atoms with Crippen LogP contribution in [-0.4, -0.2) is 74.2 Å². The number of carbonyl (C=O) groups is 1. The normalized spacial score (nSPS) is 26.6. The van der Waals surface area contributed by atoms with Crippen LogP contribution in [0.5, 0.6) is 5.88 Å². The fraction of sp³-hybridized carbons (Fsp3) is 0.625. The van der Waals surface area contributed by atoms with Gasteiger partial charge in [0.15, 0.2) is 5.82 Å². The lowest BCUT2D eigenvalue weighted by molar-refractivity contribution is -0.131. The maximum Gasteiger partial charge on any atom is 0.250 e. The van der Waals surface area contributed by atoms with Crippen molar-refractivity contribution in [3.05, 3.63) is 24.1 Å². The maximum atomic E-state index is 13.7. The van der Waals surface area contributed by atoms with Crippen molar-refractivity contribution in [3.8, 4) is 5.88 Å². The summed E-state index contributed by atoms with van der Waals surface area (Å²) in [5.74, 6) is -0.142. The number of aromatic nitrogens is 1. The molecule has 3 heterocycles. The van der Waals surface area contributed by atoms with Gasteiger partial charge in [0, 0.05) is 25.2 Å². The molecule has 3 rings (SSSR count). The van der Waals surface area contributed by atoms with E-state index in [-0.39, 0.29) is 23.1 Å². The third-order valence-corrected chi connectivity index (χ3v) is 4.55. The highest BCUT2D eigenvalue weighted by molar-refractivity contribution is 5.78. The highest BCUT2D eigenvalue weighted by atomic mass is 19.1. The topological polar surface area (TPSA) is 54.9 Å². The summed E-state index contributed by atoms with van der Waals surface area (Å²) in [6.45, 7) is 3.08. The number of likely N-dealkylation sites (tertiary alicyclic amines) is 1. The van der Waals surface area contributed by atoms with E-state index in [0.717, 1.165) is 0 Å². The van der Waals surface area contributed by atoms with Gasteiger partial charge in [-0.3, -0.25) is 4.79 Å². The number of carbonyl (C=O) groups excluding carboxylic acids is 1. The van der Waals surface area contributed by atoms with Crippen LogP contribution in [-0.2, 0) is 9.53 Å². The number of hydrogen-bond acceptors (Lipinski definition) is 5. The van der Waals surface area contributed by atoms with Crippen LogP contribution < -0.4 is 4.74 Å². The molecular weight excluding hydrogens is 301 g/mol. The molecule has 1 aromatic heterocycles. The number of fused-ring (bicyclic) bond motifs is 1. The lowest BCUT2D eigenvalue weighted by Gasteiger charge is -2.27. The van der Waals surface area contributed by atoms with E-state index < -0.39 is 5.82 Å². The number of halogens is 1. The Bertz CT molecular complexity index is 583. The van der Waals surface area contributed by atoms with Crippen molar-refractivity contribution in [2.45, 2.75) is 0 Å². The Morgan fingerprint density at radius 1 is 1.61 bits per heavy atom. The van der Waals surface area contributed by atoms with Crippen LogP contribution in [0.15, 0.2) is 18.3 Å². The number of ether oxygens (including phenoxy) is 2. The monoisotopic (exact) mass is 323 g/mol. The van der Waals surface area contributed by atoms with Crippen LogP contribution in [0, 0.1) is 17.2 Å². The largest absolute Gasteiger partial charge is 0.475 e. The van der Waals surface area contributed by atoms with Crippen LogP contribution in [0.1, 0.15) is 0 Å². The average Bonchev–Trinajstić information content (AvgIpc) is 3.03. The number of nitrogens with zero attached hydrogens (tertiary/aromatic N) is 3. The Morgan fingerprint density at radius 2 is 2.43 bits per heavy atom. The lowest BCUT2D eigenvalue weighted by Crippen LogP contribution is -2.40. The van der Waals surface area contributed by atoms with Gasteiger partial charge in [0.25, 0.3) is 0 Å². The second-order valence-electron chi connectivity index (χ2n) is 6.67. The van der Waals surface area contributed by atoms with Gasteiger partial charge in [0.2, 0.25) is 11.8 Å². The van der Waals surface area contributed by atoms with Crippen molar-refractivity contribution in [2.75, 3.05) is 53.6 Å². The van der Waals surface area contributed by atoms with E-state index in [2.05, 4.69) is 4.98 Å². The number of pyridine rings is 1. The standard InChI is InChI=1S/C16H22FN3O3/c1-19(2)7-14(21)20-6-12-8-22-10-16(12,9-20)11-23-15-13(17)4-3-5-18-15/h3-5,12H,6-11H2,1-2H3/t12-,16+/m1/s1. The molecule has 2 fully saturated rings. The third kappa shape index (κ3) is 3.30. The summed E-state index contributed by atoms with van der Waals surface area (Å²) in [7, 11) is 3.75. The SMILES string of the molecule is CN(C)CC(=O)N1C[C@@H]2COC[C@]2(COc2ncccc2F)C1. The fourth-order valence-electron chi connectivity index (χ4n) is 3.29. The first-order chi connectivity index (χ1) is 11.0. The fourth-order valence-corrected chi connectivity index (χ4v) is 3.29. The van der Waals surface area contributed by atoms with Crippen LogP contribution >= 0.6 is 0 Å². The maximum absolute atomic E-state index is 13.7. The Kier molecular flexibility index (Phi) is 4.50. The molecule has 6 nitrogen and oxygen atoms in total. The Balaban J connectivity index is 1.67. The summed E-state index contributed by atoms with van der Waals surface area (Å²) in [4.78, 5) is 19.9. The molecule has 0 spiro atoms. The Labute approximate surface area is 135 Å². The highest BCUT2D eigenvalue weighted by Crippen LogP contribution is 2.41. The van der Waals surface area contributed by atoms with E-state index in [4.69, 9.17) is 9.47 Å². The van der Waals surface area contributed by atoms with E-state index in [1.54, 1.807) is 0 Å². The van der Waals surface area contributed by atoms with Gasteiger partial charge in [-0.1, -0.05) is 0 Å². The molecule has 0 radical (unpaired) electrons. The number of rotatable bonds is 5. The summed E-state index contributed by atoms with van der Waals surface area (Å²) >= 11 is 0. The van der Waals surface area contributed by atoms with Crippen LogP contribution in [0.3, 0.4) is 0 Å². The smallest absolute Gasteiger partial charge is 0.250 e. The molecule has 2 saturated heterocycles. The van der Waals surface area contributed by atoms with Gasteiger partial charge in [0.1, 0.15) is 0 Å². The first kappa shape index (κ1) is 16.1. The number of likely N-dealkylation sites (N-methyl/N-ethyl adjacent to an activating group) is 1. The highest BCUT2D eigenvalue weighted by Gasteiger charge is 2.52. The summed E-state index contributed by atoms with van der Waals surface area (Å²) in [5, 5.41) is 0. The van der Waals surface area contributed by atoms with Crippen molar-refractivity contribution in [3.63, 3.8) is 0 Å². The lowest BCUT2D eigenvalue weighted by atomic mass is 9.82. The van der Waals surface area contributed by atoms with Crippen molar-refractivity contribution in [1.29, 1.82) is 0 Å². The van der Waals surface area contributed by atoms with E-state index in [1.165, 1.54) is 18.3 Å². The zero-order valence-electron chi connectivity index (χ0n) is 13.5. The molecule has 1 amide bonds. The molecule has 2 atom stereocenters. The van der Waals surface area contributed by atoms with Crippen LogP contribution in [0.2, 0.25) is 0 Å². The Hall–Kier alpha value is -1.73. The van der Waals surface area contributed by atoms with Crippen molar-refractivity contribution in [1.82, 2.24) is 14.8 Å². The van der Waals surface area contributed by atoms with Gasteiger partial charge in [-0.25, -0.2) is 9.37 Å². The van der Waals surface area contributed by atoms with Gasteiger partial charge >= 0.3 is 0 Å². The third-order valence-electron chi connectivity index (χ3n) is 4.55. The van der Waals surface area contributed by atoms with Gasteiger partial charge in [0.05, 0.1) is 31.8 Å². The summed E-state index contributed by atoms with van der Waals surface area (Å²) in [6.07, 6.45) is 1.50. The molecule has 0 N–H and O–H groups in total. The zero-order chi connectivity index (χ0) is 16.4. The molecule has 0 saturated carbocycles. The van der Waals surface area contributed by atoms with Crippen LogP contribution in [0.25, 0.3) is 0 Å². The van der Waals surface area contributed by atoms with Crippen LogP contribution in [0.4, 0.5) is 4.39 Å². The summed E-state index contributed by atoms with van der Waals surface area (Å²) in [5.41, 5.74) is -0.272. The summed E-state index contributed by atoms with van der Waals surface area (Å²) in [6, 6.07) is 2.85. The minimum absolute atomic E-state index is 0.00518. The molecule has 0 unspecified atom stereocenters. The zero-order valence-corrected chi connectivity index (χ0v) is 13.5. The van der Waals surface area contributed by atoms with Crippen molar-refractivity contribution < 1.29 is 18.7 Å². The van der Waals surface area contributed by atoms with Crippen molar-refractivity contribution in [2.24, 2.45) is 11.3 Å². The minimum atomic E-state index is -0.474. The molecule has 0 bridgehead atoms. The first-order valence-corrected chi connectivity index (χ1v) is 7.74. The molecule has 0 aliphatic carbocycles. The van der Waals surface area contributed by atoms with Gasteiger partial charge < -0.3 is 19.3 Å². The molecule has 2 aliphatic heterocycles. The van der Waals surface area contributed by atoms with Crippen molar-refractivity contribution >= 4 is 5.91 Å².